The van der Waals surface area contributed by atoms with Crippen LogP contribution in [-0.2, 0) is 20.6 Å². The normalized spacial score (nSPS) is 19.9. The zero-order chi connectivity index (χ0) is 15.6. The van der Waals surface area contributed by atoms with Crippen LogP contribution in [0.4, 0.5) is 8.78 Å². The summed E-state index contributed by atoms with van der Waals surface area (Å²) in [4.78, 5) is 12.8. The van der Waals surface area contributed by atoms with Gasteiger partial charge in [0.25, 0.3) is 0 Å². The molecule has 2 rings (SSSR count). The van der Waals surface area contributed by atoms with Crippen molar-refractivity contribution < 1.29 is 22.0 Å². The number of nitrogens with zero attached hydrogens (tertiary/aromatic N) is 1. The van der Waals surface area contributed by atoms with Crippen LogP contribution in [0, 0.1) is 11.6 Å². The van der Waals surface area contributed by atoms with E-state index >= 15 is 0 Å². The Balaban J connectivity index is 2.07. The molecule has 1 heterocycles. The fourth-order valence-electron chi connectivity index (χ4n) is 2.26. The lowest BCUT2D eigenvalue weighted by atomic mass is 10.1. The lowest BCUT2D eigenvalue weighted by Crippen LogP contribution is -2.48. The number of nitrogens with one attached hydrogen (secondary N) is 1. The van der Waals surface area contributed by atoms with Crippen molar-refractivity contribution in [2.45, 2.75) is 24.6 Å². The van der Waals surface area contributed by atoms with E-state index in [1.54, 1.807) is 7.05 Å². The van der Waals surface area contributed by atoms with Gasteiger partial charge in [0.05, 0.1) is 5.75 Å². The predicted molar refractivity (Wildman–Crippen MR) is 72.8 cm³/mol. The summed E-state index contributed by atoms with van der Waals surface area (Å²) in [5.74, 6) is -2.60. The minimum atomic E-state index is -3.89. The van der Waals surface area contributed by atoms with Crippen LogP contribution in [0.25, 0.3) is 0 Å². The van der Waals surface area contributed by atoms with Crippen LogP contribution in [0.5, 0.6) is 0 Å². The smallest absolute Gasteiger partial charge is 0.222 e. The van der Waals surface area contributed by atoms with E-state index in [4.69, 9.17) is 0 Å². The molecule has 0 radical (unpaired) electrons. The minimum absolute atomic E-state index is 0.0504. The van der Waals surface area contributed by atoms with E-state index in [9.17, 15) is 22.0 Å². The Morgan fingerprint density at radius 1 is 1.33 bits per heavy atom. The number of likely N-dealkylation sites (tertiary alicyclic amines) is 1. The standard InChI is InChI=1S/C13H16F2N2O3S/c1-17-7-9(5-6-13(17)18)16-21(19,20)8-10-11(14)3-2-4-12(10)15/h2-4,9,16H,5-8H2,1H3. The van der Waals surface area contributed by atoms with Gasteiger partial charge in [-0.25, -0.2) is 21.9 Å². The molecule has 1 aromatic rings. The van der Waals surface area contributed by atoms with Crippen LogP contribution in [-0.4, -0.2) is 38.9 Å². The second-order valence-electron chi connectivity index (χ2n) is 5.09. The summed E-state index contributed by atoms with van der Waals surface area (Å²) in [6.07, 6.45) is 0.625. The Kier molecular flexibility index (Phi) is 4.58. The quantitative estimate of drug-likeness (QED) is 0.901. The number of benzene rings is 1. The number of hydrogen-bond acceptors (Lipinski definition) is 3. The van der Waals surface area contributed by atoms with Gasteiger partial charge in [-0.05, 0) is 18.6 Å². The highest BCUT2D eigenvalue weighted by atomic mass is 32.2. The zero-order valence-corrected chi connectivity index (χ0v) is 12.3. The SMILES string of the molecule is CN1CC(NS(=O)(=O)Cc2c(F)cccc2F)CCC1=O. The summed E-state index contributed by atoms with van der Waals surface area (Å²) in [6.45, 7) is 0.248. The average Bonchev–Trinajstić information content (AvgIpc) is 2.38. The lowest BCUT2D eigenvalue weighted by molar-refractivity contribution is -0.132. The Labute approximate surface area is 122 Å². The molecule has 1 N–H and O–H groups in total. The zero-order valence-electron chi connectivity index (χ0n) is 11.5. The number of halogens is 2. The van der Waals surface area contributed by atoms with Crippen molar-refractivity contribution in [3.05, 3.63) is 35.4 Å². The van der Waals surface area contributed by atoms with Gasteiger partial charge in [-0.1, -0.05) is 6.07 Å². The van der Waals surface area contributed by atoms with Gasteiger partial charge in [-0.3, -0.25) is 4.79 Å². The van der Waals surface area contributed by atoms with Crippen LogP contribution in [0.15, 0.2) is 18.2 Å². The molecule has 1 saturated heterocycles. The summed E-state index contributed by atoms with van der Waals surface area (Å²) in [5, 5.41) is 0. The van der Waals surface area contributed by atoms with Gasteiger partial charge in [0, 0.05) is 31.6 Å². The van der Waals surface area contributed by atoms with E-state index in [-0.39, 0.29) is 18.9 Å². The van der Waals surface area contributed by atoms with Crippen LogP contribution in [0.3, 0.4) is 0 Å². The summed E-state index contributed by atoms with van der Waals surface area (Å²) in [7, 11) is -2.31. The largest absolute Gasteiger partial charge is 0.344 e. The van der Waals surface area contributed by atoms with E-state index < -0.39 is 39.0 Å². The first-order valence-corrected chi connectivity index (χ1v) is 8.10. The van der Waals surface area contributed by atoms with Crippen molar-refractivity contribution in [1.82, 2.24) is 9.62 Å². The molecule has 0 bridgehead atoms. The third-order valence-electron chi connectivity index (χ3n) is 3.37. The van der Waals surface area contributed by atoms with Gasteiger partial charge >= 0.3 is 0 Å². The van der Waals surface area contributed by atoms with Crippen molar-refractivity contribution in [2.75, 3.05) is 13.6 Å². The molecule has 116 valence electrons. The average molecular weight is 318 g/mol. The molecule has 0 aliphatic carbocycles. The van der Waals surface area contributed by atoms with Crippen LogP contribution in [0.2, 0.25) is 0 Å². The maximum Gasteiger partial charge on any atom is 0.222 e. The maximum absolute atomic E-state index is 13.5. The number of sulfonamides is 1. The molecule has 0 saturated carbocycles. The Morgan fingerprint density at radius 2 is 1.95 bits per heavy atom. The van der Waals surface area contributed by atoms with E-state index in [0.29, 0.717) is 6.42 Å². The molecule has 21 heavy (non-hydrogen) atoms. The van der Waals surface area contributed by atoms with Crippen molar-refractivity contribution in [3.63, 3.8) is 0 Å². The second-order valence-corrected chi connectivity index (χ2v) is 6.84. The van der Waals surface area contributed by atoms with Crippen molar-refractivity contribution >= 4 is 15.9 Å². The number of hydrogen-bond donors (Lipinski definition) is 1. The number of carbonyl (C=O) groups is 1. The minimum Gasteiger partial charge on any atom is -0.344 e. The molecular weight excluding hydrogens is 302 g/mol. The van der Waals surface area contributed by atoms with Crippen molar-refractivity contribution in [3.8, 4) is 0 Å². The molecule has 1 aliphatic heterocycles. The molecule has 8 heteroatoms. The third kappa shape index (κ3) is 3.98. The Hall–Kier alpha value is -1.54. The number of amides is 1. The van der Waals surface area contributed by atoms with E-state index in [2.05, 4.69) is 4.72 Å². The molecule has 0 spiro atoms. The van der Waals surface area contributed by atoms with Gasteiger partial charge < -0.3 is 4.90 Å². The topological polar surface area (TPSA) is 66.5 Å². The second kappa shape index (κ2) is 6.07. The first kappa shape index (κ1) is 15.8. The first-order valence-electron chi connectivity index (χ1n) is 6.45. The Morgan fingerprint density at radius 3 is 2.52 bits per heavy atom. The number of likely N-dealkylation sites (N-methyl/N-ethyl adjacent to an activating group) is 1. The summed E-state index contributed by atoms with van der Waals surface area (Å²) in [5.41, 5.74) is -0.481. The van der Waals surface area contributed by atoms with Gasteiger partial charge in [0.15, 0.2) is 0 Å². The molecule has 1 aliphatic rings. The molecule has 5 nitrogen and oxygen atoms in total. The maximum atomic E-state index is 13.5. The number of carbonyl (C=O) groups excluding carboxylic acids is 1. The molecule has 0 aromatic heterocycles. The molecule has 1 amide bonds. The van der Waals surface area contributed by atoms with Crippen molar-refractivity contribution in [1.29, 1.82) is 0 Å². The summed E-state index contributed by atoms with van der Waals surface area (Å²) in [6, 6.07) is 2.77. The highest BCUT2D eigenvalue weighted by Crippen LogP contribution is 2.16. The highest BCUT2D eigenvalue weighted by Gasteiger charge is 2.27. The molecular formula is C13H16F2N2O3S. The summed E-state index contributed by atoms with van der Waals surface area (Å²) >= 11 is 0. The van der Waals surface area contributed by atoms with Crippen LogP contribution < -0.4 is 4.72 Å². The van der Waals surface area contributed by atoms with Crippen molar-refractivity contribution in [2.24, 2.45) is 0 Å². The van der Waals surface area contributed by atoms with Crippen LogP contribution in [0.1, 0.15) is 18.4 Å². The van der Waals surface area contributed by atoms with E-state index in [0.717, 1.165) is 12.1 Å². The molecule has 1 aromatic carbocycles. The van der Waals surface area contributed by atoms with Gasteiger partial charge in [0.1, 0.15) is 11.6 Å². The van der Waals surface area contributed by atoms with Crippen LogP contribution >= 0.6 is 0 Å². The van der Waals surface area contributed by atoms with E-state index in [1.807, 2.05) is 0 Å². The first-order chi connectivity index (χ1) is 9.78. The predicted octanol–water partition coefficient (Wildman–Crippen LogP) is 1.00. The van der Waals surface area contributed by atoms with Gasteiger partial charge in [0.2, 0.25) is 15.9 Å². The number of piperidine rings is 1. The third-order valence-corrected chi connectivity index (χ3v) is 4.73. The number of rotatable bonds is 4. The summed E-state index contributed by atoms with van der Waals surface area (Å²) < 4.78 is 53.4. The monoisotopic (exact) mass is 318 g/mol. The fraction of sp³-hybridized carbons (Fsp3) is 0.462. The van der Waals surface area contributed by atoms with E-state index in [1.165, 1.54) is 11.0 Å². The Bertz CT molecular complexity index is 629. The molecule has 1 atom stereocenters. The highest BCUT2D eigenvalue weighted by molar-refractivity contribution is 7.88. The van der Waals surface area contributed by atoms with Gasteiger partial charge in [-0.15, -0.1) is 0 Å². The lowest BCUT2D eigenvalue weighted by Gasteiger charge is -2.29. The fourth-order valence-corrected chi connectivity index (χ4v) is 3.70. The molecule has 1 unspecified atom stereocenters. The molecule has 1 fully saturated rings. The van der Waals surface area contributed by atoms with Gasteiger partial charge in [-0.2, -0.15) is 0 Å².